The highest BCUT2D eigenvalue weighted by Crippen LogP contribution is 2.25. The van der Waals surface area contributed by atoms with Crippen LogP contribution in [0.1, 0.15) is 27.3 Å². The van der Waals surface area contributed by atoms with Gasteiger partial charge in [-0.1, -0.05) is 5.92 Å². The lowest BCUT2D eigenvalue weighted by molar-refractivity contribution is 0.102. The van der Waals surface area contributed by atoms with Gasteiger partial charge >= 0.3 is 0 Å². The maximum Gasteiger partial charge on any atom is 0.256 e. The first kappa shape index (κ1) is 18.7. The number of hydrogen-bond donors (Lipinski definition) is 1. The van der Waals surface area contributed by atoms with E-state index in [1.807, 2.05) is 12.3 Å². The van der Waals surface area contributed by atoms with E-state index in [1.54, 1.807) is 53.7 Å². The van der Waals surface area contributed by atoms with Gasteiger partial charge in [0.2, 0.25) is 5.82 Å². The zero-order valence-corrected chi connectivity index (χ0v) is 16.7. The fourth-order valence-electron chi connectivity index (χ4n) is 2.53. The summed E-state index contributed by atoms with van der Waals surface area (Å²) < 4.78 is 2.59. The Balaban J connectivity index is 1.62. The number of thioether (sulfide) groups is 1. The maximum absolute atomic E-state index is 12.5. The van der Waals surface area contributed by atoms with Crippen LogP contribution in [0.15, 0.2) is 52.2 Å². The van der Waals surface area contributed by atoms with Gasteiger partial charge in [0.1, 0.15) is 0 Å². The largest absolute Gasteiger partial charge is 0.322 e. The number of thiophene rings is 1. The van der Waals surface area contributed by atoms with Crippen LogP contribution in [-0.2, 0) is 0 Å². The Labute approximate surface area is 174 Å². The molecular weight excluding hydrogens is 404 g/mol. The van der Waals surface area contributed by atoms with E-state index >= 15 is 0 Å². The number of aromatic nitrogens is 4. The fourth-order valence-corrected chi connectivity index (χ4v) is 3.92. The first-order chi connectivity index (χ1) is 14.2. The molecule has 0 unspecified atom stereocenters. The minimum Gasteiger partial charge on any atom is -0.322 e. The zero-order chi connectivity index (χ0) is 20.2. The lowest BCUT2D eigenvalue weighted by atomic mass is 10.1. The third kappa shape index (κ3) is 4.11. The van der Waals surface area contributed by atoms with Gasteiger partial charge in [-0.05, 0) is 48.6 Å². The molecule has 4 aromatic rings. The van der Waals surface area contributed by atoms with E-state index in [-0.39, 0.29) is 5.91 Å². The molecule has 4 rings (SSSR count). The predicted molar refractivity (Wildman–Crippen MR) is 112 cm³/mol. The Morgan fingerprint density at radius 2 is 2.07 bits per heavy atom. The summed E-state index contributed by atoms with van der Waals surface area (Å²) in [6.07, 6.45) is 3.58. The van der Waals surface area contributed by atoms with Crippen LogP contribution in [0, 0.1) is 23.2 Å². The van der Waals surface area contributed by atoms with Crippen molar-refractivity contribution in [2.24, 2.45) is 0 Å². The summed E-state index contributed by atoms with van der Waals surface area (Å²) in [7, 11) is 0. The van der Waals surface area contributed by atoms with Gasteiger partial charge < -0.3 is 5.32 Å². The third-order valence-electron chi connectivity index (χ3n) is 3.86. The van der Waals surface area contributed by atoms with E-state index in [9.17, 15) is 10.1 Å². The molecular formula is C20H12N6OS2. The number of carbonyl (C=O) groups excluding carboxylic acids is 1. The Bertz CT molecular complexity index is 1320. The predicted octanol–water partition coefficient (Wildman–Crippen LogP) is 3.43. The summed E-state index contributed by atoms with van der Waals surface area (Å²) in [5, 5.41) is 26.1. The molecule has 0 aliphatic rings. The van der Waals surface area contributed by atoms with Gasteiger partial charge in [0.05, 0.1) is 21.4 Å². The standard InChI is InChI=1S/C20H12N6OS2/c1-28-19-10-15(12-29-19)20(27)23-16-8-13(7-14(9-16)11-21)4-5-18-25-24-17-3-2-6-22-26(17)18/h2-3,6-10,12H,1H3,(H,23,27). The highest BCUT2D eigenvalue weighted by molar-refractivity contribution is 8.00. The van der Waals surface area contributed by atoms with Crippen molar-refractivity contribution in [3.63, 3.8) is 0 Å². The van der Waals surface area contributed by atoms with Gasteiger partial charge in [-0.2, -0.15) is 14.9 Å². The molecule has 0 saturated heterocycles. The number of nitriles is 1. The van der Waals surface area contributed by atoms with Crippen LogP contribution < -0.4 is 5.32 Å². The van der Waals surface area contributed by atoms with Crippen LogP contribution in [0.5, 0.6) is 0 Å². The van der Waals surface area contributed by atoms with Crippen LogP contribution in [0.3, 0.4) is 0 Å². The number of amides is 1. The molecule has 0 radical (unpaired) electrons. The number of anilines is 1. The van der Waals surface area contributed by atoms with Crippen LogP contribution in [0.25, 0.3) is 5.65 Å². The smallest absolute Gasteiger partial charge is 0.256 e. The second kappa shape index (κ2) is 8.15. The highest BCUT2D eigenvalue weighted by Gasteiger charge is 2.10. The number of benzene rings is 1. The van der Waals surface area contributed by atoms with E-state index in [0.717, 1.165) is 4.21 Å². The molecule has 0 aliphatic heterocycles. The van der Waals surface area contributed by atoms with Crippen molar-refractivity contribution in [3.05, 3.63) is 70.5 Å². The number of fused-ring (bicyclic) bond motifs is 1. The third-order valence-corrected chi connectivity index (χ3v) is 5.89. The Hall–Kier alpha value is -3.66. The lowest BCUT2D eigenvalue weighted by Crippen LogP contribution is -2.11. The zero-order valence-electron chi connectivity index (χ0n) is 15.1. The SMILES string of the molecule is CSc1cc(C(=O)Nc2cc(C#N)cc(C#Cc3nnc4cccnn34)c2)cs1. The normalized spacial score (nSPS) is 10.2. The van der Waals surface area contributed by atoms with E-state index in [1.165, 1.54) is 15.9 Å². The monoisotopic (exact) mass is 416 g/mol. The quantitative estimate of drug-likeness (QED) is 0.406. The van der Waals surface area contributed by atoms with Gasteiger partial charge in [0, 0.05) is 22.8 Å². The fraction of sp³-hybridized carbons (Fsp3) is 0.0500. The van der Waals surface area contributed by atoms with E-state index in [4.69, 9.17) is 0 Å². The minimum atomic E-state index is -0.233. The summed E-state index contributed by atoms with van der Waals surface area (Å²) in [5.41, 5.74) is 2.64. The van der Waals surface area contributed by atoms with Gasteiger partial charge in [0.25, 0.3) is 5.91 Å². The molecule has 0 aliphatic carbocycles. The molecule has 3 aromatic heterocycles. The van der Waals surface area contributed by atoms with E-state index in [2.05, 4.69) is 38.5 Å². The molecule has 1 N–H and O–H groups in total. The van der Waals surface area contributed by atoms with Crippen molar-refractivity contribution in [1.29, 1.82) is 5.26 Å². The van der Waals surface area contributed by atoms with Crippen molar-refractivity contribution < 1.29 is 4.79 Å². The average molecular weight is 416 g/mol. The van der Waals surface area contributed by atoms with Crippen LogP contribution in [0.4, 0.5) is 5.69 Å². The van der Waals surface area contributed by atoms with E-state index < -0.39 is 0 Å². The van der Waals surface area contributed by atoms with Crippen molar-refractivity contribution in [3.8, 4) is 17.9 Å². The minimum absolute atomic E-state index is 0.233. The van der Waals surface area contributed by atoms with Crippen molar-refractivity contribution in [1.82, 2.24) is 19.8 Å². The molecule has 1 amide bonds. The number of rotatable bonds is 3. The lowest BCUT2D eigenvalue weighted by Gasteiger charge is -2.05. The second-order valence-corrected chi connectivity index (χ2v) is 7.81. The van der Waals surface area contributed by atoms with Gasteiger partial charge in [-0.3, -0.25) is 4.79 Å². The summed E-state index contributed by atoms with van der Waals surface area (Å²) >= 11 is 3.10. The summed E-state index contributed by atoms with van der Waals surface area (Å²) in [6, 6.07) is 12.4. The molecule has 0 fully saturated rings. The Morgan fingerprint density at radius 1 is 1.21 bits per heavy atom. The van der Waals surface area contributed by atoms with Crippen molar-refractivity contribution in [2.75, 3.05) is 11.6 Å². The molecule has 0 atom stereocenters. The molecule has 7 nitrogen and oxygen atoms in total. The summed E-state index contributed by atoms with van der Waals surface area (Å²) in [6.45, 7) is 0. The highest BCUT2D eigenvalue weighted by atomic mass is 32.2. The molecule has 0 spiro atoms. The van der Waals surface area contributed by atoms with Crippen LogP contribution in [-0.4, -0.2) is 32.0 Å². The molecule has 29 heavy (non-hydrogen) atoms. The first-order valence-electron chi connectivity index (χ1n) is 8.34. The topological polar surface area (TPSA) is 96.0 Å². The van der Waals surface area contributed by atoms with Gasteiger partial charge in [-0.15, -0.1) is 33.3 Å². The van der Waals surface area contributed by atoms with Gasteiger partial charge in [0.15, 0.2) is 5.65 Å². The molecule has 0 saturated carbocycles. The van der Waals surface area contributed by atoms with Crippen LogP contribution >= 0.6 is 23.1 Å². The Kier molecular flexibility index (Phi) is 5.25. The van der Waals surface area contributed by atoms with Crippen molar-refractivity contribution >= 4 is 40.3 Å². The van der Waals surface area contributed by atoms with E-state index in [0.29, 0.717) is 33.8 Å². The molecule has 1 aromatic carbocycles. The summed E-state index contributed by atoms with van der Waals surface area (Å²) in [4.78, 5) is 12.5. The van der Waals surface area contributed by atoms with Crippen LogP contribution in [0.2, 0.25) is 0 Å². The number of nitrogens with zero attached hydrogens (tertiary/aromatic N) is 5. The van der Waals surface area contributed by atoms with Crippen molar-refractivity contribution in [2.45, 2.75) is 4.21 Å². The number of carbonyl (C=O) groups is 1. The van der Waals surface area contributed by atoms with Gasteiger partial charge in [-0.25, -0.2) is 0 Å². The summed E-state index contributed by atoms with van der Waals surface area (Å²) in [5.74, 6) is 6.03. The molecule has 0 bridgehead atoms. The average Bonchev–Trinajstić information content (AvgIpc) is 3.39. The molecule has 3 heterocycles. The second-order valence-electron chi connectivity index (χ2n) is 5.79. The first-order valence-corrected chi connectivity index (χ1v) is 10.4. The molecule has 140 valence electrons. The number of hydrogen-bond acceptors (Lipinski definition) is 7. The maximum atomic E-state index is 12.5. The number of nitrogens with one attached hydrogen (secondary N) is 1. The Morgan fingerprint density at radius 3 is 2.86 bits per heavy atom. The molecule has 9 heteroatoms.